The predicted molar refractivity (Wildman–Crippen MR) is 106 cm³/mol. The van der Waals surface area contributed by atoms with Gasteiger partial charge in [0.25, 0.3) is 0 Å². The van der Waals surface area contributed by atoms with Gasteiger partial charge in [0.1, 0.15) is 12.6 Å². The van der Waals surface area contributed by atoms with Crippen molar-refractivity contribution in [1.82, 2.24) is 14.4 Å². The summed E-state index contributed by atoms with van der Waals surface area (Å²) in [7, 11) is 1.79. The van der Waals surface area contributed by atoms with Crippen molar-refractivity contribution in [3.63, 3.8) is 0 Å². The normalized spacial score (nSPS) is 17.6. The molecule has 0 bridgehead atoms. The molecule has 1 aliphatic heterocycles. The highest BCUT2D eigenvalue weighted by Gasteiger charge is 2.35. The average Bonchev–Trinajstić information content (AvgIpc) is 2.66. The number of benzene rings is 1. The minimum Gasteiger partial charge on any atom is -0.342 e. The van der Waals surface area contributed by atoms with Gasteiger partial charge in [0.2, 0.25) is 11.8 Å². The minimum atomic E-state index is -0.387. The van der Waals surface area contributed by atoms with Crippen LogP contribution in [0.1, 0.15) is 31.9 Å². The number of likely N-dealkylation sites (N-methyl/N-ethyl adjacent to an activating group) is 1. The number of rotatable bonds is 5. The Morgan fingerprint density at radius 1 is 1.19 bits per heavy atom. The van der Waals surface area contributed by atoms with E-state index in [9.17, 15) is 14.4 Å². The second-order valence-electron chi connectivity index (χ2n) is 7.26. The highest BCUT2D eigenvalue weighted by Crippen LogP contribution is 2.19. The van der Waals surface area contributed by atoms with Crippen LogP contribution in [0.5, 0.6) is 0 Å². The molecular weight excluding hydrogens is 342 g/mol. The number of carbonyl (C=O) groups is 2. The molecule has 3 rings (SSSR count). The highest BCUT2D eigenvalue weighted by atomic mass is 16.2. The molecule has 0 unspecified atom stereocenters. The summed E-state index contributed by atoms with van der Waals surface area (Å²) in [5.74, 6) is -0.0565. The number of nitrogens with zero attached hydrogens (tertiary/aromatic N) is 3. The van der Waals surface area contributed by atoms with E-state index in [2.05, 4.69) is 6.92 Å². The van der Waals surface area contributed by atoms with E-state index in [4.69, 9.17) is 0 Å². The van der Waals surface area contributed by atoms with E-state index in [0.29, 0.717) is 24.9 Å². The van der Waals surface area contributed by atoms with Crippen molar-refractivity contribution in [2.45, 2.75) is 45.7 Å². The SMILES string of the molecule is CCCC[C@@H]1C(=O)N(C)CCN1C(=O)Cn1c(C)cc(=O)c2ccccc21. The van der Waals surface area contributed by atoms with Gasteiger partial charge in [0.15, 0.2) is 5.43 Å². The largest absolute Gasteiger partial charge is 0.342 e. The topological polar surface area (TPSA) is 62.6 Å². The van der Waals surface area contributed by atoms with Gasteiger partial charge in [0.05, 0.1) is 5.52 Å². The summed E-state index contributed by atoms with van der Waals surface area (Å²) < 4.78 is 1.87. The van der Waals surface area contributed by atoms with E-state index in [1.165, 1.54) is 0 Å². The lowest BCUT2D eigenvalue weighted by Gasteiger charge is -2.39. The van der Waals surface area contributed by atoms with Crippen LogP contribution in [0.25, 0.3) is 10.9 Å². The molecule has 0 aliphatic carbocycles. The van der Waals surface area contributed by atoms with Crippen molar-refractivity contribution < 1.29 is 9.59 Å². The molecule has 144 valence electrons. The Hall–Kier alpha value is -2.63. The zero-order valence-corrected chi connectivity index (χ0v) is 16.3. The second kappa shape index (κ2) is 7.94. The molecule has 2 amide bonds. The molecule has 27 heavy (non-hydrogen) atoms. The molecule has 0 spiro atoms. The third kappa shape index (κ3) is 3.75. The van der Waals surface area contributed by atoms with Crippen LogP contribution < -0.4 is 5.43 Å². The zero-order chi connectivity index (χ0) is 19.6. The molecule has 1 aromatic heterocycles. The number of hydrogen-bond acceptors (Lipinski definition) is 3. The number of para-hydroxylation sites is 1. The van der Waals surface area contributed by atoms with E-state index in [0.717, 1.165) is 24.1 Å². The fourth-order valence-electron chi connectivity index (χ4n) is 3.78. The highest BCUT2D eigenvalue weighted by molar-refractivity contribution is 5.89. The maximum atomic E-state index is 13.1. The van der Waals surface area contributed by atoms with Crippen LogP contribution in [0.2, 0.25) is 0 Å². The third-order valence-electron chi connectivity index (χ3n) is 5.38. The Balaban J connectivity index is 1.91. The van der Waals surface area contributed by atoms with Crippen LogP contribution in [0, 0.1) is 6.92 Å². The van der Waals surface area contributed by atoms with Crippen LogP contribution in [0.3, 0.4) is 0 Å². The van der Waals surface area contributed by atoms with E-state index in [-0.39, 0.29) is 29.8 Å². The lowest BCUT2D eigenvalue weighted by atomic mass is 10.0. The number of fused-ring (bicyclic) bond motifs is 1. The van der Waals surface area contributed by atoms with E-state index in [1.807, 2.05) is 29.7 Å². The quantitative estimate of drug-likeness (QED) is 0.811. The molecule has 1 saturated heterocycles. The molecule has 1 aliphatic rings. The Bertz CT molecular complexity index is 919. The number of piperazine rings is 1. The van der Waals surface area contributed by atoms with Gasteiger partial charge in [-0.2, -0.15) is 0 Å². The Morgan fingerprint density at radius 3 is 2.67 bits per heavy atom. The molecule has 1 aromatic carbocycles. The van der Waals surface area contributed by atoms with Gasteiger partial charge in [-0.15, -0.1) is 0 Å². The van der Waals surface area contributed by atoms with Crippen molar-refractivity contribution in [2.75, 3.05) is 20.1 Å². The van der Waals surface area contributed by atoms with Gasteiger partial charge in [-0.25, -0.2) is 0 Å². The molecule has 6 heteroatoms. The summed E-state index contributed by atoms with van der Waals surface area (Å²) in [5.41, 5.74) is 1.46. The maximum Gasteiger partial charge on any atom is 0.245 e. The Morgan fingerprint density at radius 2 is 1.93 bits per heavy atom. The standard InChI is InChI=1S/C21H27N3O3/c1-4-5-9-18-21(27)22(3)11-12-23(18)20(26)14-24-15(2)13-19(25)16-8-6-7-10-17(16)24/h6-8,10,13,18H,4-5,9,11-12,14H2,1-3H3/t18-/m1/s1. The third-order valence-corrected chi connectivity index (χ3v) is 5.38. The number of amides is 2. The smallest absolute Gasteiger partial charge is 0.245 e. The van der Waals surface area contributed by atoms with E-state index < -0.39 is 0 Å². The number of unbranched alkanes of at least 4 members (excludes halogenated alkanes) is 1. The van der Waals surface area contributed by atoms with Gasteiger partial charge in [-0.3, -0.25) is 14.4 Å². The lowest BCUT2D eigenvalue weighted by Crippen LogP contribution is -2.58. The first-order valence-electron chi connectivity index (χ1n) is 9.57. The molecular formula is C21H27N3O3. The summed E-state index contributed by atoms with van der Waals surface area (Å²) in [5, 5.41) is 0.605. The molecule has 0 radical (unpaired) electrons. The van der Waals surface area contributed by atoms with Gasteiger partial charge in [-0.1, -0.05) is 31.9 Å². The summed E-state index contributed by atoms with van der Waals surface area (Å²) >= 11 is 0. The number of carbonyl (C=O) groups excluding carboxylic acids is 2. The minimum absolute atomic E-state index is 0.0181. The Labute approximate surface area is 159 Å². The first-order chi connectivity index (χ1) is 12.9. The van der Waals surface area contributed by atoms with E-state index >= 15 is 0 Å². The summed E-state index contributed by atoms with van der Waals surface area (Å²) in [4.78, 5) is 41.4. The van der Waals surface area contributed by atoms with Crippen LogP contribution >= 0.6 is 0 Å². The van der Waals surface area contributed by atoms with Crippen LogP contribution in [0.15, 0.2) is 35.1 Å². The first kappa shape index (κ1) is 19.1. The van der Waals surface area contributed by atoms with Gasteiger partial charge < -0.3 is 14.4 Å². The Kier molecular flexibility index (Phi) is 5.63. The maximum absolute atomic E-state index is 13.1. The number of aromatic nitrogens is 1. The van der Waals surface area contributed by atoms with Crippen molar-refractivity contribution in [3.8, 4) is 0 Å². The molecule has 1 atom stereocenters. The fourth-order valence-corrected chi connectivity index (χ4v) is 3.78. The molecule has 1 fully saturated rings. The summed E-state index contributed by atoms with van der Waals surface area (Å²) in [6, 6.07) is 8.51. The van der Waals surface area contributed by atoms with Crippen molar-refractivity contribution in [2.24, 2.45) is 0 Å². The lowest BCUT2D eigenvalue weighted by molar-refractivity contribution is -0.151. The molecule has 0 saturated carbocycles. The van der Waals surface area contributed by atoms with Crippen molar-refractivity contribution >= 4 is 22.7 Å². The van der Waals surface area contributed by atoms with Crippen LogP contribution in [-0.4, -0.2) is 52.4 Å². The van der Waals surface area contributed by atoms with Gasteiger partial charge in [-0.05, 0) is 25.5 Å². The van der Waals surface area contributed by atoms with Gasteiger partial charge in [0, 0.05) is 37.3 Å². The van der Waals surface area contributed by atoms with Crippen LogP contribution in [0.4, 0.5) is 0 Å². The van der Waals surface area contributed by atoms with E-state index in [1.54, 1.807) is 29.0 Å². The summed E-state index contributed by atoms with van der Waals surface area (Å²) in [6.45, 7) is 5.15. The number of hydrogen-bond donors (Lipinski definition) is 0. The predicted octanol–water partition coefficient (Wildman–Crippen LogP) is 2.17. The van der Waals surface area contributed by atoms with Crippen LogP contribution in [-0.2, 0) is 16.1 Å². The van der Waals surface area contributed by atoms with Crippen molar-refractivity contribution in [1.29, 1.82) is 0 Å². The first-order valence-corrected chi connectivity index (χ1v) is 9.57. The molecule has 2 aromatic rings. The zero-order valence-electron chi connectivity index (χ0n) is 16.3. The number of aryl methyl sites for hydroxylation is 1. The van der Waals surface area contributed by atoms with Gasteiger partial charge >= 0.3 is 0 Å². The molecule has 0 N–H and O–H groups in total. The summed E-state index contributed by atoms with van der Waals surface area (Å²) in [6.07, 6.45) is 2.59. The molecule has 6 nitrogen and oxygen atoms in total. The average molecular weight is 369 g/mol. The monoisotopic (exact) mass is 369 g/mol. The number of pyridine rings is 1. The molecule has 2 heterocycles. The second-order valence-corrected chi connectivity index (χ2v) is 7.26. The fraction of sp³-hybridized carbons (Fsp3) is 0.476. The van der Waals surface area contributed by atoms with Crippen molar-refractivity contribution in [3.05, 3.63) is 46.2 Å².